The van der Waals surface area contributed by atoms with E-state index in [1.807, 2.05) is 249 Å². The van der Waals surface area contributed by atoms with Crippen molar-refractivity contribution in [2.45, 2.75) is 100 Å². The number of aliphatic carboxylic acids is 2. The lowest BCUT2D eigenvalue weighted by Crippen LogP contribution is -2.47. The maximum Gasteiger partial charge on any atom is 0.410 e. The lowest BCUT2D eigenvalue weighted by atomic mass is 9.80. The SMILES string of the molecule is C.CC(=O)O.CN.CNC(=O)CCC(=O)O[C@@H]1C[C@@H](C(=O)NCCOCCOC(c2ccccc2)(c2ccc(OC)cc2)c2ccc(OC)cc2)N(C(=O)OCC2c3ccccc3-c3ccccc32)C1.COc1ccc(C(OCCOCCNC(=O)[C@@H]2C[C@@H](OC(=O)CCC(=O)O)CN2C(=O)OCC2c3ccccc3-c3ccccc32)(c2ccccc2)c2ccc(OC)cc2)cc1.[2H]CSC. The van der Waals surface area contributed by atoms with Crippen LogP contribution in [0.25, 0.3) is 22.3 Å². The average molecular weight is 1870 g/mol. The maximum absolute atomic E-state index is 13.8. The van der Waals surface area contributed by atoms with Crippen LogP contribution in [0.4, 0.5) is 9.59 Å². The van der Waals surface area contributed by atoms with E-state index >= 15 is 0 Å². The topological polar surface area (TPSA) is 373 Å². The van der Waals surface area contributed by atoms with E-state index in [-0.39, 0.29) is 136 Å². The molecule has 10 aromatic carbocycles. The molecule has 2 saturated heterocycles. The van der Waals surface area contributed by atoms with E-state index in [1.54, 1.807) is 28.4 Å². The van der Waals surface area contributed by atoms with E-state index < -0.39 is 89.8 Å². The molecule has 2 fully saturated rings. The molecule has 4 atom stereocenters. The number of nitrogens with zero attached hydrogens (tertiary/aromatic N) is 2. The number of amides is 5. The molecule has 5 amide bonds. The van der Waals surface area contributed by atoms with Crippen molar-refractivity contribution < 1.29 is 112 Å². The molecule has 2 heterocycles. The minimum Gasteiger partial charge on any atom is -0.497 e. The van der Waals surface area contributed by atoms with Crippen LogP contribution in [0.2, 0.25) is 0 Å². The van der Waals surface area contributed by atoms with Crippen LogP contribution in [0.15, 0.2) is 255 Å². The Balaban J connectivity index is 0.000000276. The van der Waals surface area contributed by atoms with E-state index in [1.165, 1.54) is 35.7 Å². The molecule has 0 radical (unpaired) electrons. The van der Waals surface area contributed by atoms with Crippen molar-refractivity contribution in [2.24, 2.45) is 5.73 Å². The highest BCUT2D eigenvalue weighted by Crippen LogP contribution is 2.48. The Morgan fingerprint density at radius 3 is 1.00 bits per heavy atom. The molecular weight excluding hydrogens is 1750 g/mol. The summed E-state index contributed by atoms with van der Waals surface area (Å²) >= 11 is 1.52. The average Bonchev–Trinajstić information content (AvgIpc) is 1.36. The van der Waals surface area contributed by atoms with Gasteiger partial charge in [-0.2, -0.15) is 11.8 Å². The predicted octanol–water partition coefficient (Wildman–Crippen LogP) is 14.8. The highest BCUT2D eigenvalue weighted by molar-refractivity contribution is 7.97. The number of hydrogen-bond donors (Lipinski definition) is 6. The molecule has 30 heteroatoms. The summed E-state index contributed by atoms with van der Waals surface area (Å²) in [6.07, 6.45) is -1.44. The molecule has 0 spiro atoms. The molecule has 135 heavy (non-hydrogen) atoms. The molecule has 2 aliphatic carbocycles. The number of carboxylic acids is 2. The highest BCUT2D eigenvalue weighted by atomic mass is 32.2. The fourth-order valence-electron chi connectivity index (χ4n) is 16.6. The summed E-state index contributed by atoms with van der Waals surface area (Å²) in [5, 5.41) is 24.7. The smallest absolute Gasteiger partial charge is 0.410 e. The molecule has 2 aliphatic heterocycles. The number of ether oxygens (including phenoxy) is 12. The third kappa shape index (κ3) is 27.8. The Hall–Kier alpha value is -13.6. The molecule has 7 N–H and O–H groups in total. The van der Waals surface area contributed by atoms with Crippen LogP contribution < -0.4 is 40.6 Å². The van der Waals surface area contributed by atoms with Crippen molar-refractivity contribution in [1.82, 2.24) is 25.8 Å². The van der Waals surface area contributed by atoms with E-state index in [2.05, 4.69) is 33.8 Å². The van der Waals surface area contributed by atoms with Gasteiger partial charge in [-0.15, -0.1) is 0 Å². The number of benzene rings is 10. The minimum absolute atomic E-state index is 0. The van der Waals surface area contributed by atoms with Gasteiger partial charge < -0.3 is 88.7 Å². The van der Waals surface area contributed by atoms with Crippen LogP contribution >= 0.6 is 11.8 Å². The predicted molar refractivity (Wildman–Crippen MR) is 514 cm³/mol. The van der Waals surface area contributed by atoms with Gasteiger partial charge in [0.2, 0.25) is 17.7 Å². The van der Waals surface area contributed by atoms with Gasteiger partial charge in [0.1, 0.15) is 71.7 Å². The molecule has 4 aliphatic rings. The Labute approximate surface area is 794 Å². The number of nitrogens with one attached hydrogen (secondary N) is 3. The number of fused-ring (bicyclic) bond motifs is 6. The quantitative estimate of drug-likeness (QED) is 0.00906. The Bertz CT molecular complexity index is 5300. The van der Waals surface area contributed by atoms with Gasteiger partial charge in [0.05, 0.1) is 100 Å². The van der Waals surface area contributed by atoms with Crippen LogP contribution in [0.1, 0.15) is 122 Å². The fourth-order valence-corrected chi connectivity index (χ4v) is 16.6. The number of rotatable bonds is 38. The molecule has 29 nitrogen and oxygen atoms in total. The third-order valence-electron chi connectivity index (χ3n) is 22.8. The van der Waals surface area contributed by atoms with E-state index in [0.29, 0.717) is 29.2 Å². The number of nitrogens with two attached hydrogens (primary N) is 1. The monoisotopic (exact) mass is 1870 g/mol. The fraction of sp³-hybridized carbons (Fsp3) is 0.343. The summed E-state index contributed by atoms with van der Waals surface area (Å²) < 4.78 is 76.8. The van der Waals surface area contributed by atoms with Gasteiger partial charge in [0.25, 0.3) is 5.97 Å². The van der Waals surface area contributed by atoms with Gasteiger partial charge in [-0.3, -0.25) is 43.4 Å². The number of methoxy groups -OCH3 is 4. The van der Waals surface area contributed by atoms with Crippen molar-refractivity contribution in [3.8, 4) is 45.3 Å². The second-order valence-electron chi connectivity index (χ2n) is 31.0. The first-order chi connectivity index (χ1) is 65.6. The van der Waals surface area contributed by atoms with Crippen molar-refractivity contribution in [1.29, 1.82) is 0 Å². The summed E-state index contributed by atoms with van der Waals surface area (Å²) in [5.41, 5.74) is 16.4. The summed E-state index contributed by atoms with van der Waals surface area (Å²) in [5.74, 6) is -2.01. The molecule has 10 aromatic rings. The molecule has 14 rings (SSSR count). The Morgan fingerprint density at radius 2 is 0.711 bits per heavy atom. The number of esters is 2. The zero-order chi connectivity index (χ0) is 96.7. The van der Waals surface area contributed by atoms with Crippen molar-refractivity contribution in [2.75, 3.05) is 134 Å². The molecule has 0 unspecified atom stereocenters. The first kappa shape index (κ1) is 103. The van der Waals surface area contributed by atoms with Gasteiger partial charge in [0, 0.05) is 59.5 Å². The van der Waals surface area contributed by atoms with Crippen LogP contribution in [0.5, 0.6) is 23.0 Å². The Kier molecular flexibility index (Phi) is 40.9. The van der Waals surface area contributed by atoms with E-state index in [4.69, 9.17) is 73.2 Å². The summed E-state index contributed by atoms with van der Waals surface area (Å²) in [4.78, 5) is 115. The summed E-state index contributed by atoms with van der Waals surface area (Å²) in [7, 11) is 9.48. The van der Waals surface area contributed by atoms with E-state index in [0.717, 1.165) is 84.8 Å². The standard InChI is InChI=1S/C50H53N3O10.C49H50N2O11.C2H4O2.C2H6S.CH5N.CH4/c1-51-46(54)25-26-47(55)63-39-31-45(53(32-39)49(57)61-33-44-42-15-9-7-13-40(42)41-14-8-10-16-43(41)44)48(56)52-27-28-60-29-30-62-50(34-11-5-4-6-12-34,35-17-21-37(58-2)22-18-35)36-19-23-38(59-3)24-20-36;1-57-36-20-16-34(17-21-36)49(33-10-4-3-5-11-33,35-18-22-37(58-2)23-19-35)61-29-28-59-27-26-50-47(55)44-30-38(62-46(54)25-24-45(52)53)31-51(44)48(56)60-32-43-41-14-8-6-12-39(41)40-13-7-9-15-42(40)43;1-2(3)4;1-3-2;1-2;/h4-24,39,44-45H,25-33H2,1-3H3,(H,51,54)(H,52,56);3-23,38,43-44H,24-32H2,1-2H3,(H,50,55)(H,52,53);1H3,(H,3,4);1-2H3;2H2,1H3;1H4/t39-,45+;38-,44+;;;;/m11..../s1/i;;;1D;;. The van der Waals surface area contributed by atoms with Gasteiger partial charge in [-0.1, -0.05) is 214 Å². The molecule has 0 aromatic heterocycles. The van der Waals surface area contributed by atoms with Gasteiger partial charge in [-0.05, 0) is 146 Å². The van der Waals surface area contributed by atoms with Gasteiger partial charge in [-0.25, -0.2) is 9.59 Å². The number of hydrogen-bond acceptors (Lipinski definition) is 23. The first-order valence-corrected chi connectivity index (χ1v) is 45.3. The highest BCUT2D eigenvalue weighted by Gasteiger charge is 2.46. The number of carbonyl (C=O) groups is 9. The lowest BCUT2D eigenvalue weighted by Gasteiger charge is -2.36. The minimum atomic E-state index is -1.13. The number of carboxylic acid groups (broad SMARTS) is 2. The van der Waals surface area contributed by atoms with Crippen LogP contribution in [-0.4, -0.2) is 232 Å². The zero-order valence-electron chi connectivity index (χ0n) is 77.5. The lowest BCUT2D eigenvalue weighted by molar-refractivity contribution is -0.151. The van der Waals surface area contributed by atoms with E-state index in [9.17, 15) is 38.4 Å². The van der Waals surface area contributed by atoms with Gasteiger partial charge in [0.15, 0.2) is 0 Å². The number of likely N-dealkylation sites (tertiary alicyclic amines) is 2. The maximum atomic E-state index is 13.8. The molecule has 0 bridgehead atoms. The summed E-state index contributed by atoms with van der Waals surface area (Å²) in [6, 6.07) is 80.9. The van der Waals surface area contributed by atoms with Gasteiger partial charge >= 0.3 is 30.1 Å². The number of thioether (sulfide) groups is 1. The summed E-state index contributed by atoms with van der Waals surface area (Å²) in [6.45, 7) is 2.42. The van der Waals surface area contributed by atoms with Crippen molar-refractivity contribution in [3.05, 3.63) is 310 Å². The zero-order valence-corrected chi connectivity index (χ0v) is 77.3. The molecule has 0 saturated carbocycles. The van der Waals surface area contributed by atoms with Crippen molar-refractivity contribution in [3.63, 3.8) is 0 Å². The third-order valence-corrected chi connectivity index (χ3v) is 22.8. The Morgan fingerprint density at radius 1 is 0.422 bits per heavy atom. The van der Waals surface area contributed by atoms with Crippen LogP contribution in [-0.2, 0) is 82.7 Å². The van der Waals surface area contributed by atoms with Crippen molar-refractivity contribution >= 4 is 65.5 Å². The first-order valence-electron chi connectivity index (χ1n) is 44.6. The second kappa shape index (κ2) is 53.3. The van der Waals surface area contributed by atoms with Crippen LogP contribution in [0.3, 0.4) is 0 Å². The second-order valence-corrected chi connectivity index (χ2v) is 31.6. The largest absolute Gasteiger partial charge is 0.497 e. The number of carbonyl (C=O) groups excluding carboxylic acids is 7. The molecule has 716 valence electrons. The molecular formula is C105H122N6O23S. The van der Waals surface area contributed by atoms with Crippen LogP contribution in [0, 0.1) is 0 Å². The normalized spacial score (nSPS) is 14.9.